The van der Waals surface area contributed by atoms with Gasteiger partial charge in [0.1, 0.15) is 11.6 Å². The van der Waals surface area contributed by atoms with E-state index in [2.05, 4.69) is 5.32 Å². The van der Waals surface area contributed by atoms with Crippen molar-refractivity contribution in [3.8, 4) is 0 Å². The first kappa shape index (κ1) is 10.4. The molecule has 1 aliphatic heterocycles. The molecule has 4 heteroatoms. The van der Waals surface area contributed by atoms with Crippen molar-refractivity contribution in [2.24, 2.45) is 0 Å². The summed E-state index contributed by atoms with van der Waals surface area (Å²) >= 11 is 0. The van der Waals surface area contributed by atoms with Crippen molar-refractivity contribution in [1.82, 2.24) is 5.32 Å². The average molecular weight is 206 g/mol. The fourth-order valence-electron chi connectivity index (χ4n) is 1.34. The first-order valence-corrected chi connectivity index (χ1v) is 3.96. The Morgan fingerprint density at radius 3 is 2.46 bits per heavy atom. The fraction of sp³-hybridized carbons (Fsp3) is 0.333. The van der Waals surface area contributed by atoms with Crippen LogP contribution in [0.2, 0.25) is 0 Å². The molecular weight excluding hydrogens is 196 g/mol. The predicted molar refractivity (Wildman–Crippen MR) is 49.0 cm³/mol. The van der Waals surface area contributed by atoms with Gasteiger partial charge >= 0.3 is 0 Å². The zero-order valence-electron chi connectivity index (χ0n) is 6.89. The van der Waals surface area contributed by atoms with E-state index < -0.39 is 11.6 Å². The first-order valence-electron chi connectivity index (χ1n) is 3.96. The maximum Gasteiger partial charge on any atom is 0.130 e. The Labute approximate surface area is 81.6 Å². The number of halogens is 3. The second kappa shape index (κ2) is 4.03. The summed E-state index contributed by atoms with van der Waals surface area (Å²) in [6.45, 7) is 0.918. The number of nitrogens with one attached hydrogen (secondary N) is 1. The maximum absolute atomic E-state index is 13.0. The zero-order chi connectivity index (χ0) is 8.55. The molecule has 1 nitrogen and oxygen atoms in total. The molecule has 1 heterocycles. The highest BCUT2D eigenvalue weighted by molar-refractivity contribution is 5.85. The molecule has 72 valence electrons. The molecule has 0 aromatic heterocycles. The normalized spacial score (nSPS) is 20.3. The fourth-order valence-corrected chi connectivity index (χ4v) is 1.34. The first-order chi connectivity index (χ1) is 5.77. The zero-order valence-corrected chi connectivity index (χ0v) is 7.70. The molecule has 0 radical (unpaired) electrons. The van der Waals surface area contributed by atoms with Gasteiger partial charge in [0, 0.05) is 17.7 Å². The van der Waals surface area contributed by atoms with Crippen LogP contribution in [0.15, 0.2) is 18.2 Å². The van der Waals surface area contributed by atoms with Gasteiger partial charge in [-0.05, 0) is 19.0 Å². The van der Waals surface area contributed by atoms with E-state index in [1.807, 2.05) is 0 Å². The number of hydrogen-bond acceptors (Lipinski definition) is 1. The lowest BCUT2D eigenvalue weighted by atomic mass is 9.98. The van der Waals surface area contributed by atoms with Crippen molar-refractivity contribution in [1.29, 1.82) is 0 Å². The van der Waals surface area contributed by atoms with Gasteiger partial charge in [0.2, 0.25) is 0 Å². The van der Waals surface area contributed by atoms with Crippen LogP contribution < -0.4 is 5.32 Å². The van der Waals surface area contributed by atoms with E-state index >= 15 is 0 Å². The van der Waals surface area contributed by atoms with E-state index in [9.17, 15) is 8.78 Å². The van der Waals surface area contributed by atoms with Gasteiger partial charge in [-0.1, -0.05) is 6.07 Å². The molecular formula is C9H10ClF2N. The van der Waals surface area contributed by atoms with E-state index in [0.717, 1.165) is 19.0 Å². The van der Waals surface area contributed by atoms with Crippen molar-refractivity contribution >= 4 is 12.4 Å². The van der Waals surface area contributed by atoms with Gasteiger partial charge in [0.25, 0.3) is 0 Å². The molecule has 1 N–H and O–H groups in total. The van der Waals surface area contributed by atoms with Crippen LogP contribution in [0, 0.1) is 11.6 Å². The van der Waals surface area contributed by atoms with Gasteiger partial charge in [-0.15, -0.1) is 12.4 Å². The van der Waals surface area contributed by atoms with Crippen molar-refractivity contribution in [2.45, 2.75) is 12.5 Å². The molecule has 0 saturated carbocycles. The van der Waals surface area contributed by atoms with E-state index in [1.165, 1.54) is 12.1 Å². The van der Waals surface area contributed by atoms with Crippen LogP contribution in [-0.4, -0.2) is 6.54 Å². The number of benzene rings is 1. The van der Waals surface area contributed by atoms with E-state index in [-0.39, 0.29) is 18.4 Å². The monoisotopic (exact) mass is 205 g/mol. The van der Waals surface area contributed by atoms with Crippen molar-refractivity contribution in [3.05, 3.63) is 35.4 Å². The summed E-state index contributed by atoms with van der Waals surface area (Å²) in [7, 11) is 0. The van der Waals surface area contributed by atoms with Gasteiger partial charge in [0.05, 0.1) is 0 Å². The molecule has 1 aromatic rings. The van der Waals surface area contributed by atoms with Crippen LogP contribution in [-0.2, 0) is 0 Å². The molecule has 2 rings (SSSR count). The minimum absolute atomic E-state index is 0. The Balaban J connectivity index is 0.000000845. The second-order valence-corrected chi connectivity index (χ2v) is 2.96. The summed E-state index contributed by atoms with van der Waals surface area (Å²) in [5, 5.41) is 3.06. The summed E-state index contributed by atoms with van der Waals surface area (Å²) in [4.78, 5) is 0. The summed E-state index contributed by atoms with van der Waals surface area (Å²) < 4.78 is 25.5. The van der Waals surface area contributed by atoms with Crippen LogP contribution in [0.1, 0.15) is 18.0 Å². The minimum atomic E-state index is -0.518. The Kier molecular flexibility index (Phi) is 3.22. The Bertz CT molecular complexity index is 300. The molecule has 0 bridgehead atoms. The summed E-state index contributed by atoms with van der Waals surface area (Å²) in [5.74, 6) is -0.970. The van der Waals surface area contributed by atoms with Crippen LogP contribution >= 0.6 is 12.4 Å². The van der Waals surface area contributed by atoms with Crippen molar-refractivity contribution < 1.29 is 8.78 Å². The molecule has 1 fully saturated rings. The third-order valence-corrected chi connectivity index (χ3v) is 2.16. The van der Waals surface area contributed by atoms with Gasteiger partial charge in [-0.25, -0.2) is 8.78 Å². The lowest BCUT2D eigenvalue weighted by Gasteiger charge is -2.28. The van der Waals surface area contributed by atoms with Crippen LogP contribution in [0.4, 0.5) is 8.78 Å². The minimum Gasteiger partial charge on any atom is -0.310 e. The highest BCUT2D eigenvalue weighted by atomic mass is 35.5. The standard InChI is InChI=1S/C9H9F2N.ClH/c10-6-1-2-7(8(11)5-6)9-3-4-12-9;/h1-2,5,9,12H,3-4H2;1H/t9-;/m0./s1. The Morgan fingerprint density at radius 1 is 1.31 bits per heavy atom. The van der Waals surface area contributed by atoms with Gasteiger partial charge in [0.15, 0.2) is 0 Å². The summed E-state index contributed by atoms with van der Waals surface area (Å²) in [6, 6.07) is 3.81. The van der Waals surface area contributed by atoms with E-state index in [0.29, 0.717) is 5.56 Å². The van der Waals surface area contributed by atoms with Crippen LogP contribution in [0.5, 0.6) is 0 Å². The van der Waals surface area contributed by atoms with Crippen LogP contribution in [0.25, 0.3) is 0 Å². The highest BCUT2D eigenvalue weighted by Gasteiger charge is 2.21. The molecule has 13 heavy (non-hydrogen) atoms. The van der Waals surface area contributed by atoms with Crippen LogP contribution in [0.3, 0.4) is 0 Å². The van der Waals surface area contributed by atoms with Gasteiger partial charge in [-0.3, -0.25) is 0 Å². The van der Waals surface area contributed by atoms with E-state index in [4.69, 9.17) is 0 Å². The lowest BCUT2D eigenvalue weighted by Crippen LogP contribution is -2.35. The highest BCUT2D eigenvalue weighted by Crippen LogP contribution is 2.25. The van der Waals surface area contributed by atoms with Crippen molar-refractivity contribution in [2.75, 3.05) is 6.54 Å². The van der Waals surface area contributed by atoms with Gasteiger partial charge in [-0.2, -0.15) is 0 Å². The molecule has 0 amide bonds. The Hall–Kier alpha value is -0.670. The third-order valence-electron chi connectivity index (χ3n) is 2.16. The quantitative estimate of drug-likeness (QED) is 0.743. The largest absolute Gasteiger partial charge is 0.310 e. The van der Waals surface area contributed by atoms with Gasteiger partial charge < -0.3 is 5.32 Å². The molecule has 1 aliphatic rings. The second-order valence-electron chi connectivity index (χ2n) is 2.96. The molecule has 0 aliphatic carbocycles. The molecule has 0 unspecified atom stereocenters. The van der Waals surface area contributed by atoms with Crippen molar-refractivity contribution in [3.63, 3.8) is 0 Å². The maximum atomic E-state index is 13.0. The average Bonchev–Trinajstić information content (AvgIpc) is 1.91. The third kappa shape index (κ3) is 1.98. The smallest absolute Gasteiger partial charge is 0.130 e. The number of hydrogen-bond donors (Lipinski definition) is 1. The summed E-state index contributed by atoms with van der Waals surface area (Å²) in [6.07, 6.45) is 0.933. The predicted octanol–water partition coefficient (Wildman–Crippen LogP) is 2.42. The molecule has 1 atom stereocenters. The number of rotatable bonds is 1. The summed E-state index contributed by atoms with van der Waals surface area (Å²) in [5.41, 5.74) is 0.572. The lowest BCUT2D eigenvalue weighted by molar-refractivity contribution is 0.369. The Morgan fingerprint density at radius 2 is 2.00 bits per heavy atom. The van der Waals surface area contributed by atoms with E-state index in [1.54, 1.807) is 0 Å². The SMILES string of the molecule is Cl.Fc1ccc([C@@H]2CCN2)c(F)c1. The molecule has 0 spiro atoms. The topological polar surface area (TPSA) is 12.0 Å². The molecule has 1 saturated heterocycles. The molecule has 1 aromatic carbocycles.